The fraction of sp³-hybridized carbons (Fsp3) is 0.286. The van der Waals surface area contributed by atoms with E-state index in [1.165, 1.54) is 11.3 Å². The Balaban J connectivity index is 1.39. The van der Waals surface area contributed by atoms with Gasteiger partial charge in [-0.25, -0.2) is 0 Å². The maximum absolute atomic E-state index is 13.0. The lowest BCUT2D eigenvalue weighted by Crippen LogP contribution is -2.50. The van der Waals surface area contributed by atoms with Gasteiger partial charge in [-0.3, -0.25) is 9.59 Å². The standard InChI is InChI=1S/C21H20ClN3O4S/c1-14-17(13-28-16-6-4-15(22)5-7-16)19(23-29-14)21(27)25-10-8-24(9-11-25)20(26)18-3-2-12-30-18/h2-7,12H,8-11,13H2,1H3. The summed E-state index contributed by atoms with van der Waals surface area (Å²) in [6, 6.07) is 10.7. The fourth-order valence-corrected chi connectivity index (χ4v) is 4.05. The molecule has 4 rings (SSSR count). The number of thiophene rings is 1. The highest BCUT2D eigenvalue weighted by atomic mass is 35.5. The summed E-state index contributed by atoms with van der Waals surface area (Å²) in [5.74, 6) is 0.967. The molecule has 30 heavy (non-hydrogen) atoms. The van der Waals surface area contributed by atoms with Crippen LogP contribution >= 0.6 is 22.9 Å². The zero-order chi connectivity index (χ0) is 21.1. The van der Waals surface area contributed by atoms with Crippen LogP contribution in [-0.2, 0) is 6.61 Å². The topological polar surface area (TPSA) is 75.9 Å². The Morgan fingerprint density at radius 3 is 2.40 bits per heavy atom. The van der Waals surface area contributed by atoms with E-state index in [-0.39, 0.29) is 24.1 Å². The first-order chi connectivity index (χ1) is 14.5. The van der Waals surface area contributed by atoms with Crippen molar-refractivity contribution in [2.75, 3.05) is 26.2 Å². The van der Waals surface area contributed by atoms with Crippen LogP contribution in [0.25, 0.3) is 0 Å². The number of hydrogen-bond donors (Lipinski definition) is 0. The Morgan fingerprint density at radius 1 is 1.10 bits per heavy atom. The average molecular weight is 446 g/mol. The lowest BCUT2D eigenvalue weighted by molar-refractivity contribution is 0.0531. The number of carbonyl (C=O) groups is 2. The van der Waals surface area contributed by atoms with E-state index in [4.69, 9.17) is 20.9 Å². The van der Waals surface area contributed by atoms with Crippen molar-refractivity contribution in [3.8, 4) is 5.75 Å². The summed E-state index contributed by atoms with van der Waals surface area (Å²) in [7, 11) is 0. The molecule has 7 nitrogen and oxygen atoms in total. The molecular formula is C21H20ClN3O4S. The third kappa shape index (κ3) is 4.34. The first-order valence-corrected chi connectivity index (χ1v) is 10.7. The van der Waals surface area contributed by atoms with Crippen molar-refractivity contribution in [1.29, 1.82) is 0 Å². The van der Waals surface area contributed by atoms with E-state index in [1.54, 1.807) is 41.0 Å². The lowest BCUT2D eigenvalue weighted by atomic mass is 10.1. The van der Waals surface area contributed by atoms with Gasteiger partial charge in [0.15, 0.2) is 5.69 Å². The second kappa shape index (κ2) is 8.89. The molecule has 156 valence electrons. The summed E-state index contributed by atoms with van der Waals surface area (Å²) in [5.41, 5.74) is 0.867. The molecule has 0 atom stereocenters. The molecule has 2 amide bonds. The van der Waals surface area contributed by atoms with Crippen molar-refractivity contribution in [3.63, 3.8) is 0 Å². The van der Waals surface area contributed by atoms with Gasteiger partial charge in [-0.15, -0.1) is 11.3 Å². The molecule has 0 N–H and O–H groups in total. The van der Waals surface area contributed by atoms with Gasteiger partial charge < -0.3 is 19.1 Å². The van der Waals surface area contributed by atoms with E-state index < -0.39 is 0 Å². The molecule has 0 bridgehead atoms. The minimum Gasteiger partial charge on any atom is -0.489 e. The molecule has 2 aromatic heterocycles. The molecule has 9 heteroatoms. The summed E-state index contributed by atoms with van der Waals surface area (Å²) < 4.78 is 11.0. The molecule has 1 aliphatic rings. The minimum atomic E-state index is -0.218. The molecule has 1 saturated heterocycles. The van der Waals surface area contributed by atoms with Gasteiger partial charge in [-0.05, 0) is 42.6 Å². The molecule has 0 aliphatic carbocycles. The Hall–Kier alpha value is -2.84. The van der Waals surface area contributed by atoms with Crippen LogP contribution in [0.2, 0.25) is 5.02 Å². The molecule has 3 heterocycles. The molecular weight excluding hydrogens is 426 g/mol. The van der Waals surface area contributed by atoms with Crippen LogP contribution in [0.4, 0.5) is 0 Å². The van der Waals surface area contributed by atoms with Crippen LogP contribution < -0.4 is 4.74 Å². The van der Waals surface area contributed by atoms with Crippen LogP contribution in [0.1, 0.15) is 31.5 Å². The number of piperazine rings is 1. The highest BCUT2D eigenvalue weighted by Gasteiger charge is 2.29. The number of benzene rings is 1. The number of aryl methyl sites for hydroxylation is 1. The van der Waals surface area contributed by atoms with Crippen molar-refractivity contribution in [1.82, 2.24) is 15.0 Å². The molecule has 0 saturated carbocycles. The van der Waals surface area contributed by atoms with E-state index >= 15 is 0 Å². The Morgan fingerprint density at radius 2 is 1.77 bits per heavy atom. The number of amides is 2. The Bertz CT molecular complexity index is 1030. The molecule has 1 aromatic carbocycles. The summed E-state index contributed by atoms with van der Waals surface area (Å²) >= 11 is 7.32. The van der Waals surface area contributed by atoms with Gasteiger partial charge in [0.2, 0.25) is 0 Å². The van der Waals surface area contributed by atoms with Crippen LogP contribution in [0.3, 0.4) is 0 Å². The van der Waals surface area contributed by atoms with Crippen molar-refractivity contribution in [2.24, 2.45) is 0 Å². The molecule has 1 aliphatic heterocycles. The number of aromatic nitrogens is 1. The van der Waals surface area contributed by atoms with E-state index in [1.807, 2.05) is 17.5 Å². The second-order valence-corrected chi connectivity index (χ2v) is 8.25. The normalized spacial score (nSPS) is 14.1. The van der Waals surface area contributed by atoms with E-state index in [9.17, 15) is 9.59 Å². The number of rotatable bonds is 5. The molecule has 3 aromatic rings. The largest absolute Gasteiger partial charge is 0.489 e. The smallest absolute Gasteiger partial charge is 0.276 e. The zero-order valence-corrected chi connectivity index (χ0v) is 17.9. The Kier molecular flexibility index (Phi) is 6.06. The van der Waals surface area contributed by atoms with Crippen LogP contribution in [-0.4, -0.2) is 52.9 Å². The van der Waals surface area contributed by atoms with E-state index in [0.717, 1.165) is 0 Å². The molecule has 0 unspecified atom stereocenters. The number of hydrogen-bond acceptors (Lipinski definition) is 6. The zero-order valence-electron chi connectivity index (χ0n) is 16.3. The van der Waals surface area contributed by atoms with Crippen molar-refractivity contribution in [3.05, 3.63) is 68.7 Å². The van der Waals surface area contributed by atoms with Crippen molar-refractivity contribution < 1.29 is 18.8 Å². The van der Waals surface area contributed by atoms with Gasteiger partial charge in [0.25, 0.3) is 11.8 Å². The predicted octanol–water partition coefficient (Wildman–Crippen LogP) is 3.88. The lowest BCUT2D eigenvalue weighted by Gasteiger charge is -2.34. The van der Waals surface area contributed by atoms with Gasteiger partial charge in [-0.1, -0.05) is 22.8 Å². The number of carbonyl (C=O) groups excluding carboxylic acids is 2. The number of nitrogens with zero attached hydrogens (tertiary/aromatic N) is 3. The third-order valence-electron chi connectivity index (χ3n) is 4.97. The van der Waals surface area contributed by atoms with E-state index in [0.29, 0.717) is 53.2 Å². The van der Waals surface area contributed by atoms with Gasteiger partial charge in [0.1, 0.15) is 18.1 Å². The average Bonchev–Trinajstić information content (AvgIpc) is 3.43. The highest BCUT2D eigenvalue weighted by Crippen LogP contribution is 2.22. The van der Waals surface area contributed by atoms with E-state index in [2.05, 4.69) is 5.16 Å². The predicted molar refractivity (Wildman–Crippen MR) is 113 cm³/mol. The summed E-state index contributed by atoms with van der Waals surface area (Å²) in [4.78, 5) is 29.7. The second-order valence-electron chi connectivity index (χ2n) is 6.87. The van der Waals surface area contributed by atoms with Crippen LogP contribution in [0.15, 0.2) is 46.3 Å². The molecule has 0 spiro atoms. The quantitative estimate of drug-likeness (QED) is 0.595. The first kappa shape index (κ1) is 20.4. The Labute approximate surface area is 182 Å². The van der Waals surface area contributed by atoms with Crippen LogP contribution in [0.5, 0.6) is 5.75 Å². The third-order valence-corrected chi connectivity index (χ3v) is 6.08. The number of ether oxygens (including phenoxy) is 1. The van der Waals surface area contributed by atoms with Gasteiger partial charge in [0.05, 0.1) is 10.4 Å². The van der Waals surface area contributed by atoms with Gasteiger partial charge >= 0.3 is 0 Å². The maximum atomic E-state index is 13.0. The van der Waals surface area contributed by atoms with Crippen molar-refractivity contribution >= 4 is 34.8 Å². The first-order valence-electron chi connectivity index (χ1n) is 9.48. The highest BCUT2D eigenvalue weighted by molar-refractivity contribution is 7.12. The van der Waals surface area contributed by atoms with Crippen molar-refractivity contribution in [2.45, 2.75) is 13.5 Å². The monoisotopic (exact) mass is 445 g/mol. The van der Waals surface area contributed by atoms with Gasteiger partial charge in [-0.2, -0.15) is 0 Å². The summed E-state index contributed by atoms with van der Waals surface area (Å²) in [6.45, 7) is 3.77. The number of halogens is 1. The fourth-order valence-electron chi connectivity index (χ4n) is 3.23. The van der Waals surface area contributed by atoms with Gasteiger partial charge in [0, 0.05) is 31.2 Å². The summed E-state index contributed by atoms with van der Waals surface area (Å²) in [5, 5.41) is 6.47. The molecule has 1 fully saturated rings. The SMILES string of the molecule is Cc1onc(C(=O)N2CCN(C(=O)c3cccs3)CC2)c1COc1ccc(Cl)cc1. The van der Waals surface area contributed by atoms with Crippen LogP contribution in [0, 0.1) is 6.92 Å². The summed E-state index contributed by atoms with van der Waals surface area (Å²) in [6.07, 6.45) is 0. The maximum Gasteiger partial charge on any atom is 0.276 e. The molecule has 0 radical (unpaired) electrons. The minimum absolute atomic E-state index is 0.00596.